The zero-order valence-electron chi connectivity index (χ0n) is 13.4. The van der Waals surface area contributed by atoms with E-state index in [1.54, 1.807) is 24.1 Å². The molecule has 0 heterocycles. The third-order valence-electron chi connectivity index (χ3n) is 5.56. The highest BCUT2D eigenvalue weighted by Crippen LogP contribution is 2.60. The number of carbonyl (C=O) groups is 2. The maximum atomic E-state index is 12.5. The molecule has 0 N–H and O–H groups in total. The van der Waals surface area contributed by atoms with Crippen LogP contribution in [0.25, 0.3) is 0 Å². The lowest BCUT2D eigenvalue weighted by atomic mass is 9.74. The summed E-state index contributed by atoms with van der Waals surface area (Å²) < 4.78 is 0. The van der Waals surface area contributed by atoms with E-state index < -0.39 is 0 Å². The minimum absolute atomic E-state index is 0.0150. The van der Waals surface area contributed by atoms with Gasteiger partial charge in [-0.1, -0.05) is 43.2 Å². The summed E-state index contributed by atoms with van der Waals surface area (Å²) in [5.74, 6) is 0.687. The summed E-state index contributed by atoms with van der Waals surface area (Å²) in [4.78, 5) is 26.3. The molecule has 3 heteroatoms. The second kappa shape index (κ2) is 6.23. The third kappa shape index (κ3) is 3.23. The molecular formula is C19H25NO2. The van der Waals surface area contributed by atoms with Crippen molar-refractivity contribution in [2.45, 2.75) is 44.9 Å². The van der Waals surface area contributed by atoms with Crippen molar-refractivity contribution in [1.82, 2.24) is 4.90 Å². The summed E-state index contributed by atoms with van der Waals surface area (Å²) in [5.41, 5.74) is 1.16. The van der Waals surface area contributed by atoms with E-state index in [4.69, 9.17) is 0 Å². The van der Waals surface area contributed by atoms with Gasteiger partial charge in [0.15, 0.2) is 5.78 Å². The Hall–Kier alpha value is -1.64. The van der Waals surface area contributed by atoms with Gasteiger partial charge in [-0.3, -0.25) is 9.59 Å². The second-order valence-corrected chi connectivity index (χ2v) is 7.05. The van der Waals surface area contributed by atoms with Crippen LogP contribution in [0.5, 0.6) is 0 Å². The number of hydrogen-bond donors (Lipinski definition) is 0. The largest absolute Gasteiger partial charge is 0.338 e. The molecule has 3 rings (SSSR count). The van der Waals surface area contributed by atoms with Crippen molar-refractivity contribution in [3.8, 4) is 0 Å². The molecule has 2 aliphatic carbocycles. The Morgan fingerprint density at radius 3 is 2.55 bits per heavy atom. The lowest BCUT2D eigenvalue weighted by molar-refractivity contribution is -0.131. The monoisotopic (exact) mass is 299 g/mol. The van der Waals surface area contributed by atoms with E-state index in [9.17, 15) is 9.59 Å². The number of benzene rings is 1. The fraction of sp³-hybridized carbons (Fsp3) is 0.579. The van der Waals surface area contributed by atoms with Crippen molar-refractivity contribution in [1.29, 1.82) is 0 Å². The molecule has 0 radical (unpaired) electrons. The van der Waals surface area contributed by atoms with Crippen LogP contribution in [0.2, 0.25) is 0 Å². The van der Waals surface area contributed by atoms with Gasteiger partial charge < -0.3 is 4.90 Å². The average molecular weight is 299 g/mol. The van der Waals surface area contributed by atoms with E-state index >= 15 is 0 Å². The molecule has 2 fully saturated rings. The third-order valence-corrected chi connectivity index (χ3v) is 5.56. The summed E-state index contributed by atoms with van der Waals surface area (Å²) in [6, 6.07) is 9.22. The number of nitrogens with zero attached hydrogens (tertiary/aromatic N) is 1. The van der Waals surface area contributed by atoms with Gasteiger partial charge in [0.2, 0.25) is 5.91 Å². The van der Waals surface area contributed by atoms with Gasteiger partial charge >= 0.3 is 0 Å². The van der Waals surface area contributed by atoms with Crippen molar-refractivity contribution >= 4 is 11.7 Å². The molecule has 0 saturated heterocycles. The Morgan fingerprint density at radius 1 is 1.14 bits per heavy atom. The Kier molecular flexibility index (Phi) is 4.32. The zero-order chi connectivity index (χ0) is 15.6. The van der Waals surface area contributed by atoms with Gasteiger partial charge in [0.1, 0.15) is 0 Å². The molecule has 3 nitrogen and oxygen atoms in total. The highest BCUT2D eigenvalue weighted by Gasteiger charge is 2.50. The number of hydrogen-bond acceptors (Lipinski definition) is 2. The van der Waals surface area contributed by atoms with Crippen molar-refractivity contribution < 1.29 is 9.59 Å². The first kappa shape index (κ1) is 15.3. The van der Waals surface area contributed by atoms with Gasteiger partial charge in [-0.05, 0) is 37.0 Å². The van der Waals surface area contributed by atoms with Crippen LogP contribution in [0.4, 0.5) is 0 Å². The van der Waals surface area contributed by atoms with Gasteiger partial charge in [0, 0.05) is 19.0 Å². The number of carbonyl (C=O) groups excluding carboxylic acids is 2. The molecule has 118 valence electrons. The van der Waals surface area contributed by atoms with E-state index in [1.165, 1.54) is 38.5 Å². The average Bonchev–Trinajstić information content (AvgIpc) is 3.30. The predicted octanol–water partition coefficient (Wildman–Crippen LogP) is 3.69. The fourth-order valence-corrected chi connectivity index (χ4v) is 3.90. The van der Waals surface area contributed by atoms with Crippen molar-refractivity contribution in [2.24, 2.45) is 11.3 Å². The van der Waals surface area contributed by atoms with Gasteiger partial charge in [0.25, 0.3) is 0 Å². The Bertz CT molecular complexity index is 548. The number of ketones is 1. The molecule has 0 bridgehead atoms. The quantitative estimate of drug-likeness (QED) is 0.778. The Morgan fingerprint density at radius 2 is 1.86 bits per heavy atom. The summed E-state index contributed by atoms with van der Waals surface area (Å²) in [7, 11) is 1.76. The van der Waals surface area contributed by atoms with Crippen LogP contribution in [-0.4, -0.2) is 30.2 Å². The van der Waals surface area contributed by atoms with Crippen LogP contribution in [-0.2, 0) is 4.79 Å². The molecule has 2 aliphatic rings. The summed E-state index contributed by atoms with van der Waals surface area (Å²) in [5, 5.41) is 0. The van der Waals surface area contributed by atoms with Crippen LogP contribution in [0, 0.1) is 11.3 Å². The van der Waals surface area contributed by atoms with E-state index in [1.807, 2.05) is 18.2 Å². The summed E-state index contributed by atoms with van der Waals surface area (Å²) in [6.45, 7) is 0.183. The number of likely N-dealkylation sites (N-methyl/N-ethyl adjacent to an activating group) is 1. The van der Waals surface area contributed by atoms with Crippen LogP contribution < -0.4 is 0 Å². The van der Waals surface area contributed by atoms with Crippen molar-refractivity contribution in [2.75, 3.05) is 13.6 Å². The lowest BCUT2D eigenvalue weighted by Gasteiger charge is -2.32. The van der Waals surface area contributed by atoms with E-state index in [0.717, 1.165) is 0 Å². The highest BCUT2D eigenvalue weighted by atomic mass is 16.2. The molecule has 22 heavy (non-hydrogen) atoms. The van der Waals surface area contributed by atoms with E-state index in [2.05, 4.69) is 0 Å². The molecule has 0 aliphatic heterocycles. The normalized spacial score (nSPS) is 22.3. The molecule has 1 aromatic carbocycles. The standard InChI is InChI=1S/C19H25NO2/c1-20(14-17(21)15-7-3-2-4-8-15)18(22)13-16-9-5-6-10-19(16)11-12-19/h2-4,7-8,16H,5-6,9-14H2,1H3. The van der Waals surface area contributed by atoms with E-state index in [0.29, 0.717) is 23.3 Å². The summed E-state index contributed by atoms with van der Waals surface area (Å²) in [6.07, 6.45) is 8.30. The number of rotatable bonds is 5. The van der Waals surface area contributed by atoms with Crippen LogP contribution in [0.15, 0.2) is 30.3 Å². The second-order valence-electron chi connectivity index (χ2n) is 7.05. The minimum atomic E-state index is 0.0150. The van der Waals surface area contributed by atoms with Gasteiger partial charge in [-0.15, -0.1) is 0 Å². The maximum absolute atomic E-state index is 12.5. The zero-order valence-corrected chi connectivity index (χ0v) is 13.4. The molecule has 1 amide bonds. The molecule has 1 spiro atoms. The predicted molar refractivity (Wildman–Crippen MR) is 86.7 cm³/mol. The van der Waals surface area contributed by atoms with E-state index in [-0.39, 0.29) is 18.2 Å². The SMILES string of the molecule is CN(CC(=O)c1ccccc1)C(=O)CC1CCCCC12CC2. The minimum Gasteiger partial charge on any atom is -0.338 e. The first-order chi connectivity index (χ1) is 10.6. The molecule has 0 aromatic heterocycles. The van der Waals surface area contributed by atoms with Gasteiger partial charge in [0.05, 0.1) is 6.54 Å². The first-order valence-electron chi connectivity index (χ1n) is 8.43. The molecule has 1 aromatic rings. The van der Waals surface area contributed by atoms with Crippen LogP contribution in [0.3, 0.4) is 0 Å². The highest BCUT2D eigenvalue weighted by molar-refractivity contribution is 5.99. The van der Waals surface area contributed by atoms with Crippen LogP contribution in [0.1, 0.15) is 55.3 Å². The molecule has 1 atom stereocenters. The fourth-order valence-electron chi connectivity index (χ4n) is 3.90. The Balaban J connectivity index is 1.55. The Labute approximate surface area is 132 Å². The summed E-state index contributed by atoms with van der Waals surface area (Å²) >= 11 is 0. The van der Waals surface area contributed by atoms with Gasteiger partial charge in [-0.2, -0.15) is 0 Å². The smallest absolute Gasteiger partial charge is 0.223 e. The van der Waals surface area contributed by atoms with Crippen molar-refractivity contribution in [3.63, 3.8) is 0 Å². The molecule has 2 saturated carbocycles. The molecule has 1 unspecified atom stereocenters. The first-order valence-corrected chi connectivity index (χ1v) is 8.43. The number of amides is 1. The number of Topliss-reactive ketones (excluding diaryl/α,β-unsaturated/α-hetero) is 1. The molecular weight excluding hydrogens is 274 g/mol. The van der Waals surface area contributed by atoms with Crippen LogP contribution >= 0.6 is 0 Å². The maximum Gasteiger partial charge on any atom is 0.223 e. The lowest BCUT2D eigenvalue weighted by Crippen LogP contribution is -2.35. The topological polar surface area (TPSA) is 37.4 Å². The van der Waals surface area contributed by atoms with Crippen molar-refractivity contribution in [3.05, 3.63) is 35.9 Å². The van der Waals surface area contributed by atoms with Gasteiger partial charge in [-0.25, -0.2) is 0 Å².